The molecule has 4 rings (SSSR count). The van der Waals surface area contributed by atoms with Gasteiger partial charge in [0.2, 0.25) is 5.91 Å². The van der Waals surface area contributed by atoms with Gasteiger partial charge in [-0.3, -0.25) is 4.79 Å². The lowest BCUT2D eigenvalue weighted by Crippen LogP contribution is -2.25. The number of anilines is 1. The fourth-order valence-corrected chi connectivity index (χ4v) is 3.60. The van der Waals surface area contributed by atoms with Crippen molar-refractivity contribution in [2.75, 3.05) is 19.5 Å². The molecule has 1 aliphatic heterocycles. The van der Waals surface area contributed by atoms with Gasteiger partial charge in [-0.1, -0.05) is 48.0 Å². The average Bonchev–Trinajstić information content (AvgIpc) is 2.72. The topological polar surface area (TPSA) is 56.8 Å². The summed E-state index contributed by atoms with van der Waals surface area (Å²) in [6, 6.07) is 18.3. The van der Waals surface area contributed by atoms with E-state index in [1.165, 1.54) is 14.2 Å². The Morgan fingerprint density at radius 2 is 1.50 bits per heavy atom. The lowest BCUT2D eigenvalue weighted by atomic mass is 9.87. The quantitative estimate of drug-likeness (QED) is 0.656. The molecule has 142 valence electrons. The molecule has 0 atom stereocenters. The summed E-state index contributed by atoms with van der Waals surface area (Å²) >= 11 is 6.24. The van der Waals surface area contributed by atoms with Crippen molar-refractivity contribution >= 4 is 23.2 Å². The van der Waals surface area contributed by atoms with Gasteiger partial charge in [-0.05, 0) is 18.2 Å². The number of rotatable bonds is 4. The third kappa shape index (κ3) is 3.14. The van der Waals surface area contributed by atoms with Crippen LogP contribution in [0.1, 0.15) is 17.0 Å². The van der Waals surface area contributed by atoms with Gasteiger partial charge < -0.3 is 19.5 Å². The smallest absolute Gasteiger partial charge is 0.236 e. The molecule has 5 nitrogen and oxygen atoms in total. The van der Waals surface area contributed by atoms with Gasteiger partial charge in [-0.2, -0.15) is 0 Å². The second-order valence-electron chi connectivity index (χ2n) is 6.29. The minimum atomic E-state index is -0.522. The Balaban J connectivity index is 1.75. The third-order valence-electron chi connectivity index (χ3n) is 4.67. The molecular weight excluding hydrogens is 378 g/mol. The van der Waals surface area contributed by atoms with E-state index in [9.17, 15) is 4.79 Å². The molecule has 28 heavy (non-hydrogen) atoms. The summed E-state index contributed by atoms with van der Waals surface area (Å²) < 4.78 is 16.6. The molecule has 1 heterocycles. The molecular formula is C22H18ClNO4. The monoisotopic (exact) mass is 395 g/mol. The molecule has 0 bridgehead atoms. The van der Waals surface area contributed by atoms with Crippen LogP contribution in [0, 0.1) is 0 Å². The van der Waals surface area contributed by atoms with E-state index < -0.39 is 5.92 Å². The zero-order valence-electron chi connectivity index (χ0n) is 15.4. The summed E-state index contributed by atoms with van der Waals surface area (Å²) in [4.78, 5) is 13.3. The normalized spacial score (nSPS) is 12.4. The van der Waals surface area contributed by atoms with Crippen LogP contribution in [0.15, 0.2) is 60.7 Å². The van der Waals surface area contributed by atoms with Gasteiger partial charge >= 0.3 is 0 Å². The number of hydrogen-bond acceptors (Lipinski definition) is 4. The predicted molar refractivity (Wildman–Crippen MR) is 108 cm³/mol. The zero-order valence-corrected chi connectivity index (χ0v) is 16.1. The number of fused-ring (bicyclic) bond motifs is 2. The molecule has 0 fully saturated rings. The first-order chi connectivity index (χ1) is 13.6. The van der Waals surface area contributed by atoms with E-state index in [4.69, 9.17) is 25.8 Å². The highest BCUT2D eigenvalue weighted by atomic mass is 35.5. The molecule has 1 N–H and O–H groups in total. The van der Waals surface area contributed by atoms with Crippen LogP contribution in [0.25, 0.3) is 0 Å². The molecule has 0 saturated carbocycles. The highest BCUT2D eigenvalue weighted by Crippen LogP contribution is 2.45. The van der Waals surface area contributed by atoms with Crippen molar-refractivity contribution < 1.29 is 19.0 Å². The molecule has 1 aliphatic rings. The highest BCUT2D eigenvalue weighted by molar-refractivity contribution is 6.32. The van der Waals surface area contributed by atoms with Crippen LogP contribution in [0.2, 0.25) is 5.02 Å². The molecule has 0 radical (unpaired) electrons. The summed E-state index contributed by atoms with van der Waals surface area (Å²) in [7, 11) is 3.05. The van der Waals surface area contributed by atoms with Crippen LogP contribution < -0.4 is 19.5 Å². The SMILES string of the molecule is COc1cc(OC)c(NC(=O)C2c3ccccc3Oc3ccccc32)cc1Cl. The maximum atomic E-state index is 13.3. The largest absolute Gasteiger partial charge is 0.495 e. The van der Waals surface area contributed by atoms with Crippen LogP contribution >= 0.6 is 11.6 Å². The molecule has 3 aromatic rings. The minimum Gasteiger partial charge on any atom is -0.495 e. The van der Waals surface area contributed by atoms with Crippen molar-refractivity contribution in [3.63, 3.8) is 0 Å². The van der Waals surface area contributed by atoms with Crippen LogP contribution in [-0.2, 0) is 4.79 Å². The molecule has 0 aromatic heterocycles. The molecule has 0 unspecified atom stereocenters. The standard InChI is InChI=1S/C22H18ClNO4/c1-26-19-12-20(27-2)16(11-15(19)23)24-22(25)21-13-7-3-5-9-17(13)28-18-10-6-4-8-14(18)21/h3-12,21H,1-2H3,(H,24,25). The van der Waals surface area contributed by atoms with E-state index in [1.807, 2.05) is 48.5 Å². The van der Waals surface area contributed by atoms with Crippen molar-refractivity contribution in [3.8, 4) is 23.0 Å². The van der Waals surface area contributed by atoms with E-state index in [0.717, 1.165) is 11.1 Å². The number of hydrogen-bond donors (Lipinski definition) is 1. The highest BCUT2D eigenvalue weighted by Gasteiger charge is 2.32. The first kappa shape index (κ1) is 18.2. The number of para-hydroxylation sites is 2. The number of methoxy groups -OCH3 is 2. The molecule has 3 aromatic carbocycles. The van der Waals surface area contributed by atoms with Crippen molar-refractivity contribution in [1.29, 1.82) is 0 Å². The predicted octanol–water partition coefficient (Wildman–Crippen LogP) is 5.23. The van der Waals surface area contributed by atoms with Crippen molar-refractivity contribution in [3.05, 3.63) is 76.8 Å². The molecule has 0 spiro atoms. The number of nitrogens with one attached hydrogen (secondary N) is 1. The lowest BCUT2D eigenvalue weighted by molar-refractivity contribution is -0.116. The van der Waals surface area contributed by atoms with Gasteiger partial charge in [0.1, 0.15) is 23.0 Å². The van der Waals surface area contributed by atoms with Gasteiger partial charge in [0, 0.05) is 17.2 Å². The van der Waals surface area contributed by atoms with Crippen LogP contribution in [-0.4, -0.2) is 20.1 Å². The summed E-state index contributed by atoms with van der Waals surface area (Å²) in [5, 5.41) is 3.33. The number of benzene rings is 3. The molecule has 0 aliphatic carbocycles. The summed E-state index contributed by atoms with van der Waals surface area (Å²) in [5.41, 5.74) is 2.08. The third-order valence-corrected chi connectivity index (χ3v) is 4.97. The first-order valence-electron chi connectivity index (χ1n) is 8.70. The first-order valence-corrected chi connectivity index (χ1v) is 9.08. The summed E-state index contributed by atoms with van der Waals surface area (Å²) in [5.74, 6) is 1.54. The van der Waals surface area contributed by atoms with Crippen LogP contribution in [0.3, 0.4) is 0 Å². The second kappa shape index (κ2) is 7.44. The Morgan fingerprint density at radius 1 is 0.929 bits per heavy atom. The van der Waals surface area contributed by atoms with Gasteiger partial charge in [0.25, 0.3) is 0 Å². The Labute approximate surface area is 167 Å². The van der Waals surface area contributed by atoms with Gasteiger partial charge in [0.05, 0.1) is 30.8 Å². The summed E-state index contributed by atoms with van der Waals surface area (Å²) in [6.07, 6.45) is 0. The van der Waals surface area contributed by atoms with Crippen molar-refractivity contribution in [1.82, 2.24) is 0 Å². The Kier molecular flexibility index (Phi) is 4.84. The number of ether oxygens (including phenoxy) is 3. The maximum absolute atomic E-state index is 13.3. The number of carbonyl (C=O) groups excluding carboxylic acids is 1. The molecule has 6 heteroatoms. The van der Waals surface area contributed by atoms with E-state index in [0.29, 0.717) is 33.7 Å². The van der Waals surface area contributed by atoms with Gasteiger partial charge in [-0.25, -0.2) is 0 Å². The van der Waals surface area contributed by atoms with Gasteiger partial charge in [-0.15, -0.1) is 0 Å². The Morgan fingerprint density at radius 3 is 2.07 bits per heavy atom. The molecule has 1 amide bonds. The second-order valence-corrected chi connectivity index (χ2v) is 6.69. The lowest BCUT2D eigenvalue weighted by Gasteiger charge is -2.27. The number of amides is 1. The zero-order chi connectivity index (χ0) is 19.7. The van der Waals surface area contributed by atoms with Crippen molar-refractivity contribution in [2.45, 2.75) is 5.92 Å². The fraction of sp³-hybridized carbons (Fsp3) is 0.136. The summed E-state index contributed by atoms with van der Waals surface area (Å²) in [6.45, 7) is 0. The molecule has 0 saturated heterocycles. The fourth-order valence-electron chi connectivity index (χ4n) is 3.36. The Bertz CT molecular complexity index is 1000. The minimum absolute atomic E-state index is 0.206. The number of carbonyl (C=O) groups is 1. The van der Waals surface area contributed by atoms with E-state index in [-0.39, 0.29) is 5.91 Å². The van der Waals surface area contributed by atoms with E-state index in [2.05, 4.69) is 5.32 Å². The van der Waals surface area contributed by atoms with E-state index >= 15 is 0 Å². The Hall–Kier alpha value is -3.18. The van der Waals surface area contributed by atoms with Gasteiger partial charge in [0.15, 0.2) is 0 Å². The maximum Gasteiger partial charge on any atom is 0.236 e. The van der Waals surface area contributed by atoms with Crippen molar-refractivity contribution in [2.24, 2.45) is 0 Å². The average molecular weight is 396 g/mol. The van der Waals surface area contributed by atoms with E-state index in [1.54, 1.807) is 12.1 Å². The van der Waals surface area contributed by atoms with Crippen LogP contribution in [0.4, 0.5) is 5.69 Å². The number of halogens is 1. The van der Waals surface area contributed by atoms with Crippen LogP contribution in [0.5, 0.6) is 23.0 Å².